The van der Waals surface area contributed by atoms with Crippen molar-refractivity contribution in [3.63, 3.8) is 0 Å². The van der Waals surface area contributed by atoms with Gasteiger partial charge in [-0.1, -0.05) is 18.2 Å². The van der Waals surface area contributed by atoms with Gasteiger partial charge in [-0.3, -0.25) is 4.79 Å². The fraction of sp³-hybridized carbons (Fsp3) is 0.308. The molecular formula is C13H15ClN2O. The van der Waals surface area contributed by atoms with Gasteiger partial charge < -0.3 is 10.3 Å². The number of halogens is 1. The minimum atomic E-state index is 0. The molecule has 0 fully saturated rings. The third-order valence-electron chi connectivity index (χ3n) is 3.32. The van der Waals surface area contributed by atoms with Gasteiger partial charge in [0.05, 0.1) is 5.52 Å². The van der Waals surface area contributed by atoms with Crippen LogP contribution in [0, 0.1) is 0 Å². The van der Waals surface area contributed by atoms with E-state index in [4.69, 9.17) is 5.73 Å². The number of para-hydroxylation sites is 1. The molecule has 3 nitrogen and oxygen atoms in total. The summed E-state index contributed by atoms with van der Waals surface area (Å²) < 4.78 is 1.89. The lowest BCUT2D eigenvalue weighted by molar-refractivity contribution is 0.611. The van der Waals surface area contributed by atoms with E-state index < -0.39 is 0 Å². The molecule has 90 valence electrons. The largest absolute Gasteiger partial charge is 0.326 e. The van der Waals surface area contributed by atoms with Crippen LogP contribution in [-0.4, -0.2) is 4.57 Å². The van der Waals surface area contributed by atoms with Gasteiger partial charge in [-0.25, -0.2) is 0 Å². The Morgan fingerprint density at radius 1 is 1.35 bits per heavy atom. The quantitative estimate of drug-likeness (QED) is 0.840. The van der Waals surface area contributed by atoms with Gasteiger partial charge in [0.1, 0.15) is 0 Å². The molecule has 0 bridgehead atoms. The number of hydrogen-bond acceptors (Lipinski definition) is 2. The Bertz CT molecular complexity index is 619. The molecule has 3 rings (SSSR count). The molecule has 2 heterocycles. The summed E-state index contributed by atoms with van der Waals surface area (Å²) in [6.07, 6.45) is 2.11. The van der Waals surface area contributed by atoms with Gasteiger partial charge in [-0.15, -0.1) is 12.4 Å². The first-order chi connectivity index (χ1) is 7.81. The molecule has 0 radical (unpaired) electrons. The maximum atomic E-state index is 12.1. The summed E-state index contributed by atoms with van der Waals surface area (Å²) in [4.78, 5) is 12.1. The summed E-state index contributed by atoms with van der Waals surface area (Å²) in [6, 6.07) is 8.15. The highest BCUT2D eigenvalue weighted by molar-refractivity contribution is 5.85. The van der Waals surface area contributed by atoms with Gasteiger partial charge in [0.25, 0.3) is 5.56 Å². The Labute approximate surface area is 106 Å². The SMILES string of the molecule is Cl.NCc1cc2cccc3c2n(c1=O)CCC3. The van der Waals surface area contributed by atoms with Crippen LogP contribution >= 0.6 is 12.4 Å². The van der Waals surface area contributed by atoms with Gasteiger partial charge in [-0.2, -0.15) is 0 Å². The van der Waals surface area contributed by atoms with E-state index in [-0.39, 0.29) is 18.0 Å². The zero-order valence-electron chi connectivity index (χ0n) is 9.48. The molecule has 0 saturated carbocycles. The van der Waals surface area contributed by atoms with Crippen molar-refractivity contribution in [3.05, 3.63) is 45.7 Å². The zero-order valence-corrected chi connectivity index (χ0v) is 10.3. The second-order valence-electron chi connectivity index (χ2n) is 4.29. The Morgan fingerprint density at radius 3 is 2.94 bits per heavy atom. The molecular weight excluding hydrogens is 236 g/mol. The molecule has 0 aliphatic carbocycles. The van der Waals surface area contributed by atoms with Crippen molar-refractivity contribution in [3.8, 4) is 0 Å². The van der Waals surface area contributed by atoms with E-state index in [1.165, 1.54) is 5.56 Å². The zero-order chi connectivity index (χ0) is 11.1. The predicted octanol–water partition coefficient (Wildman–Crippen LogP) is 1.83. The number of aryl methyl sites for hydroxylation is 2. The smallest absolute Gasteiger partial charge is 0.255 e. The van der Waals surface area contributed by atoms with Crippen molar-refractivity contribution in [2.45, 2.75) is 25.9 Å². The molecule has 0 atom stereocenters. The average Bonchev–Trinajstić information content (AvgIpc) is 2.33. The Kier molecular flexibility index (Phi) is 3.22. The van der Waals surface area contributed by atoms with Crippen molar-refractivity contribution >= 4 is 23.3 Å². The average molecular weight is 251 g/mol. The lowest BCUT2D eigenvalue weighted by atomic mass is 10.00. The Balaban J connectivity index is 0.00000108. The Hall–Kier alpha value is -1.32. The molecule has 1 aliphatic heterocycles. The monoisotopic (exact) mass is 250 g/mol. The first-order valence-electron chi connectivity index (χ1n) is 5.65. The van der Waals surface area contributed by atoms with E-state index in [1.54, 1.807) is 0 Å². The van der Waals surface area contributed by atoms with Crippen molar-refractivity contribution < 1.29 is 0 Å². The number of hydrogen-bond donors (Lipinski definition) is 1. The summed E-state index contributed by atoms with van der Waals surface area (Å²) >= 11 is 0. The van der Waals surface area contributed by atoms with Crippen molar-refractivity contribution in [2.75, 3.05) is 0 Å². The minimum Gasteiger partial charge on any atom is -0.326 e. The van der Waals surface area contributed by atoms with Crippen LogP contribution in [0.25, 0.3) is 10.9 Å². The maximum absolute atomic E-state index is 12.1. The standard InChI is InChI=1S/C13H14N2O.ClH/c14-8-11-7-10-4-1-3-9-5-2-6-15(12(9)10)13(11)16;/h1,3-4,7H,2,5-6,8,14H2;1H. The number of pyridine rings is 1. The van der Waals surface area contributed by atoms with Crippen LogP contribution in [0.1, 0.15) is 17.5 Å². The van der Waals surface area contributed by atoms with Gasteiger partial charge >= 0.3 is 0 Å². The van der Waals surface area contributed by atoms with E-state index in [1.807, 2.05) is 10.6 Å². The van der Waals surface area contributed by atoms with Crippen LogP contribution in [-0.2, 0) is 19.5 Å². The lowest BCUT2D eigenvalue weighted by Gasteiger charge is -2.20. The van der Waals surface area contributed by atoms with Crippen LogP contribution in [0.4, 0.5) is 0 Å². The topological polar surface area (TPSA) is 48.0 Å². The van der Waals surface area contributed by atoms with Crippen LogP contribution in [0.3, 0.4) is 0 Å². The van der Waals surface area contributed by atoms with Crippen molar-refractivity contribution in [2.24, 2.45) is 5.73 Å². The number of benzene rings is 1. The van der Waals surface area contributed by atoms with Crippen LogP contribution < -0.4 is 11.3 Å². The second-order valence-corrected chi connectivity index (χ2v) is 4.29. The van der Waals surface area contributed by atoms with E-state index in [9.17, 15) is 4.79 Å². The molecule has 2 N–H and O–H groups in total. The van der Waals surface area contributed by atoms with Gasteiger partial charge in [0.15, 0.2) is 0 Å². The summed E-state index contributed by atoms with van der Waals surface area (Å²) in [5.74, 6) is 0. The van der Waals surface area contributed by atoms with E-state index in [0.717, 1.165) is 30.3 Å². The fourth-order valence-corrected chi connectivity index (χ4v) is 2.57. The Morgan fingerprint density at radius 2 is 2.18 bits per heavy atom. The second kappa shape index (κ2) is 4.51. The molecule has 4 heteroatoms. The molecule has 1 aromatic heterocycles. The predicted molar refractivity (Wildman–Crippen MR) is 71.7 cm³/mol. The minimum absolute atomic E-state index is 0. The van der Waals surface area contributed by atoms with Crippen LogP contribution in [0.15, 0.2) is 29.1 Å². The number of nitrogens with two attached hydrogens (primary N) is 1. The summed E-state index contributed by atoms with van der Waals surface area (Å²) in [5.41, 5.74) is 8.80. The van der Waals surface area contributed by atoms with E-state index in [2.05, 4.69) is 18.2 Å². The van der Waals surface area contributed by atoms with Crippen molar-refractivity contribution in [1.29, 1.82) is 0 Å². The lowest BCUT2D eigenvalue weighted by Crippen LogP contribution is -2.28. The number of aromatic nitrogens is 1. The van der Waals surface area contributed by atoms with E-state index in [0.29, 0.717) is 12.1 Å². The summed E-state index contributed by atoms with van der Waals surface area (Å²) in [5, 5.41) is 1.14. The number of rotatable bonds is 1. The van der Waals surface area contributed by atoms with Crippen molar-refractivity contribution in [1.82, 2.24) is 4.57 Å². The third kappa shape index (κ3) is 1.75. The summed E-state index contributed by atoms with van der Waals surface area (Å²) in [6.45, 7) is 1.14. The highest BCUT2D eigenvalue weighted by atomic mass is 35.5. The highest BCUT2D eigenvalue weighted by Gasteiger charge is 2.14. The summed E-state index contributed by atoms with van der Waals surface area (Å²) in [7, 11) is 0. The van der Waals surface area contributed by atoms with E-state index >= 15 is 0 Å². The molecule has 17 heavy (non-hydrogen) atoms. The molecule has 0 amide bonds. The van der Waals surface area contributed by atoms with Crippen LogP contribution in [0.5, 0.6) is 0 Å². The molecule has 1 aromatic carbocycles. The molecule has 2 aromatic rings. The molecule has 0 unspecified atom stereocenters. The number of nitrogens with zero attached hydrogens (tertiary/aromatic N) is 1. The first kappa shape index (κ1) is 12.1. The maximum Gasteiger partial charge on any atom is 0.255 e. The van der Waals surface area contributed by atoms with Gasteiger partial charge in [-0.05, 0) is 29.9 Å². The molecule has 0 spiro atoms. The van der Waals surface area contributed by atoms with Crippen LogP contribution in [0.2, 0.25) is 0 Å². The first-order valence-corrected chi connectivity index (χ1v) is 5.65. The molecule has 0 saturated heterocycles. The third-order valence-corrected chi connectivity index (χ3v) is 3.32. The normalized spacial score (nSPS) is 13.5. The van der Waals surface area contributed by atoms with Gasteiger partial charge in [0.2, 0.25) is 0 Å². The fourth-order valence-electron chi connectivity index (χ4n) is 2.57. The van der Waals surface area contributed by atoms with Gasteiger partial charge in [0, 0.05) is 18.7 Å². The molecule has 1 aliphatic rings. The highest BCUT2D eigenvalue weighted by Crippen LogP contribution is 2.23.